The van der Waals surface area contributed by atoms with Crippen LogP contribution in [-0.4, -0.2) is 49.7 Å². The van der Waals surface area contributed by atoms with E-state index in [1.54, 1.807) is 33.3 Å². The van der Waals surface area contributed by atoms with Crippen molar-refractivity contribution in [3.05, 3.63) is 28.6 Å². The molecule has 102 valence electrons. The molecular weight excluding hydrogens is 312 g/mol. The fraction of sp³-hybridized carbons (Fsp3) is 0.417. The van der Waals surface area contributed by atoms with Gasteiger partial charge in [0, 0.05) is 26.0 Å². The summed E-state index contributed by atoms with van der Waals surface area (Å²) in [6.07, 6.45) is 4.83. The Morgan fingerprint density at radius 2 is 2.21 bits per heavy atom. The number of likely N-dealkylation sites (N-methyl/N-ethyl adjacent to an activating group) is 1. The maximum atomic E-state index is 12.3. The van der Waals surface area contributed by atoms with Crippen LogP contribution in [0.2, 0.25) is 0 Å². The van der Waals surface area contributed by atoms with E-state index in [4.69, 9.17) is 0 Å². The molecule has 0 fully saturated rings. The first-order chi connectivity index (χ1) is 8.78. The van der Waals surface area contributed by atoms with E-state index in [0.29, 0.717) is 11.2 Å². The minimum absolute atomic E-state index is 0.216. The molecule has 2 rings (SSSR count). The topological polar surface area (TPSA) is 70.7 Å². The van der Waals surface area contributed by atoms with E-state index in [-0.39, 0.29) is 12.5 Å². The van der Waals surface area contributed by atoms with E-state index >= 15 is 0 Å². The first-order valence-corrected chi connectivity index (χ1v) is 6.54. The molecule has 0 aliphatic rings. The SMILES string of the molecule is CN(CC(C)(C)O)C(=O)c1cnn2cc(Br)cnc12. The van der Waals surface area contributed by atoms with Crippen LogP contribution in [0.3, 0.4) is 0 Å². The van der Waals surface area contributed by atoms with Crippen LogP contribution in [0.15, 0.2) is 23.1 Å². The number of nitrogens with zero attached hydrogens (tertiary/aromatic N) is 4. The van der Waals surface area contributed by atoms with E-state index in [9.17, 15) is 9.90 Å². The number of carbonyl (C=O) groups excluding carboxylic acids is 1. The molecule has 19 heavy (non-hydrogen) atoms. The van der Waals surface area contributed by atoms with Gasteiger partial charge in [-0.05, 0) is 29.8 Å². The van der Waals surface area contributed by atoms with Crippen molar-refractivity contribution >= 4 is 27.5 Å². The summed E-state index contributed by atoms with van der Waals surface area (Å²) >= 11 is 3.30. The minimum Gasteiger partial charge on any atom is -0.389 e. The summed E-state index contributed by atoms with van der Waals surface area (Å²) in [5.41, 5.74) is -0.0286. The second-order valence-corrected chi connectivity index (χ2v) is 5.99. The van der Waals surface area contributed by atoms with Crippen LogP contribution in [0, 0.1) is 0 Å². The summed E-state index contributed by atoms with van der Waals surface area (Å²) in [5.74, 6) is -0.216. The zero-order valence-corrected chi connectivity index (χ0v) is 12.5. The minimum atomic E-state index is -0.941. The molecule has 2 heterocycles. The van der Waals surface area contributed by atoms with Crippen LogP contribution in [0.1, 0.15) is 24.2 Å². The second kappa shape index (κ2) is 4.90. The molecule has 7 heteroatoms. The predicted octanol–water partition coefficient (Wildman–Crippen LogP) is 1.33. The van der Waals surface area contributed by atoms with Gasteiger partial charge in [0.1, 0.15) is 5.56 Å². The average molecular weight is 327 g/mol. The molecule has 0 bridgehead atoms. The van der Waals surface area contributed by atoms with Crippen LogP contribution in [0.4, 0.5) is 0 Å². The molecule has 0 radical (unpaired) electrons. The zero-order valence-electron chi connectivity index (χ0n) is 11.0. The maximum absolute atomic E-state index is 12.3. The highest BCUT2D eigenvalue weighted by atomic mass is 79.9. The third-order valence-electron chi connectivity index (χ3n) is 2.53. The lowest BCUT2D eigenvalue weighted by Crippen LogP contribution is -2.39. The number of carbonyl (C=O) groups is 1. The van der Waals surface area contributed by atoms with Gasteiger partial charge in [-0.2, -0.15) is 5.10 Å². The third kappa shape index (κ3) is 3.10. The fourth-order valence-corrected chi connectivity index (χ4v) is 2.16. The summed E-state index contributed by atoms with van der Waals surface area (Å²) in [6.45, 7) is 3.55. The largest absolute Gasteiger partial charge is 0.389 e. The number of aliphatic hydroxyl groups is 1. The fourth-order valence-electron chi connectivity index (χ4n) is 1.86. The first-order valence-electron chi connectivity index (χ1n) is 5.75. The van der Waals surface area contributed by atoms with Crippen molar-refractivity contribution in [2.45, 2.75) is 19.4 Å². The van der Waals surface area contributed by atoms with Gasteiger partial charge in [0.15, 0.2) is 5.65 Å². The third-order valence-corrected chi connectivity index (χ3v) is 2.94. The quantitative estimate of drug-likeness (QED) is 0.923. The smallest absolute Gasteiger partial charge is 0.259 e. The van der Waals surface area contributed by atoms with Gasteiger partial charge in [0.05, 0.1) is 16.3 Å². The highest BCUT2D eigenvalue weighted by molar-refractivity contribution is 9.10. The maximum Gasteiger partial charge on any atom is 0.259 e. The van der Waals surface area contributed by atoms with Gasteiger partial charge in [-0.15, -0.1) is 0 Å². The van der Waals surface area contributed by atoms with E-state index in [1.165, 1.54) is 15.6 Å². The number of aromatic nitrogens is 3. The lowest BCUT2D eigenvalue weighted by atomic mass is 10.1. The molecule has 0 aliphatic carbocycles. The van der Waals surface area contributed by atoms with E-state index in [1.807, 2.05) is 0 Å². The van der Waals surface area contributed by atoms with Gasteiger partial charge in [0.25, 0.3) is 5.91 Å². The Bertz CT molecular complexity index is 618. The molecule has 0 spiro atoms. The molecule has 2 aromatic heterocycles. The van der Waals surface area contributed by atoms with Gasteiger partial charge in [-0.1, -0.05) is 0 Å². The molecule has 6 nitrogen and oxygen atoms in total. The summed E-state index contributed by atoms with van der Waals surface area (Å²) in [6, 6.07) is 0. The Morgan fingerprint density at radius 3 is 2.84 bits per heavy atom. The van der Waals surface area contributed by atoms with Crippen molar-refractivity contribution in [1.29, 1.82) is 0 Å². The monoisotopic (exact) mass is 326 g/mol. The lowest BCUT2D eigenvalue weighted by molar-refractivity contribution is 0.0368. The molecule has 1 N–H and O–H groups in total. The molecule has 2 aromatic rings. The molecule has 0 saturated carbocycles. The van der Waals surface area contributed by atoms with Crippen molar-refractivity contribution < 1.29 is 9.90 Å². The second-order valence-electron chi connectivity index (χ2n) is 5.07. The summed E-state index contributed by atoms with van der Waals surface area (Å²) in [5, 5.41) is 13.8. The summed E-state index contributed by atoms with van der Waals surface area (Å²) < 4.78 is 2.32. The standard InChI is InChI=1S/C12H15BrN4O2/c1-12(2,19)7-16(3)11(18)9-5-15-17-6-8(13)4-14-10(9)17/h4-6,19H,7H2,1-3H3. The van der Waals surface area contributed by atoms with Crippen molar-refractivity contribution in [2.75, 3.05) is 13.6 Å². The summed E-state index contributed by atoms with van der Waals surface area (Å²) in [7, 11) is 1.64. The number of hydrogen-bond acceptors (Lipinski definition) is 4. The Balaban J connectivity index is 2.32. The van der Waals surface area contributed by atoms with Gasteiger partial charge in [0.2, 0.25) is 0 Å². The van der Waals surface area contributed by atoms with Crippen molar-refractivity contribution in [2.24, 2.45) is 0 Å². The summed E-state index contributed by atoms with van der Waals surface area (Å²) in [4.78, 5) is 17.9. The highest BCUT2D eigenvalue weighted by Crippen LogP contribution is 2.15. The van der Waals surface area contributed by atoms with Crippen molar-refractivity contribution in [1.82, 2.24) is 19.5 Å². The number of amides is 1. The molecular formula is C12H15BrN4O2. The number of hydrogen-bond donors (Lipinski definition) is 1. The Morgan fingerprint density at radius 1 is 1.53 bits per heavy atom. The van der Waals surface area contributed by atoms with Crippen molar-refractivity contribution in [3.8, 4) is 0 Å². The number of rotatable bonds is 3. The van der Waals surface area contributed by atoms with E-state index < -0.39 is 5.60 Å². The van der Waals surface area contributed by atoms with Crippen molar-refractivity contribution in [3.63, 3.8) is 0 Å². The molecule has 0 saturated heterocycles. The van der Waals surface area contributed by atoms with Gasteiger partial charge in [-0.3, -0.25) is 4.79 Å². The van der Waals surface area contributed by atoms with E-state index in [2.05, 4.69) is 26.0 Å². The van der Waals surface area contributed by atoms with Crippen LogP contribution >= 0.6 is 15.9 Å². The molecule has 1 amide bonds. The van der Waals surface area contributed by atoms with Crippen LogP contribution in [0.25, 0.3) is 5.65 Å². The normalized spacial score (nSPS) is 11.8. The number of halogens is 1. The van der Waals surface area contributed by atoms with Crippen LogP contribution in [0.5, 0.6) is 0 Å². The Hall–Kier alpha value is -1.47. The molecule has 0 unspecified atom stereocenters. The lowest BCUT2D eigenvalue weighted by Gasteiger charge is -2.25. The average Bonchev–Trinajstić information content (AvgIpc) is 2.68. The zero-order chi connectivity index (χ0) is 14.2. The highest BCUT2D eigenvalue weighted by Gasteiger charge is 2.23. The van der Waals surface area contributed by atoms with Crippen LogP contribution in [-0.2, 0) is 0 Å². The Kier molecular flexibility index (Phi) is 3.60. The van der Waals surface area contributed by atoms with Crippen LogP contribution < -0.4 is 0 Å². The Labute approximate surface area is 119 Å². The number of fused-ring (bicyclic) bond motifs is 1. The molecule has 0 aromatic carbocycles. The van der Waals surface area contributed by atoms with Gasteiger partial charge < -0.3 is 10.0 Å². The first kappa shape index (κ1) is 14.0. The predicted molar refractivity (Wildman–Crippen MR) is 73.9 cm³/mol. The van der Waals surface area contributed by atoms with Gasteiger partial charge in [-0.25, -0.2) is 9.50 Å². The molecule has 0 aliphatic heterocycles. The van der Waals surface area contributed by atoms with E-state index in [0.717, 1.165) is 4.47 Å². The van der Waals surface area contributed by atoms with Gasteiger partial charge >= 0.3 is 0 Å². The molecule has 0 atom stereocenters.